The van der Waals surface area contributed by atoms with Crippen molar-refractivity contribution in [2.24, 2.45) is 5.92 Å². The number of anilines is 1. The zero-order chi connectivity index (χ0) is 19.6. The predicted octanol–water partition coefficient (Wildman–Crippen LogP) is 5.36. The van der Waals surface area contributed by atoms with Crippen molar-refractivity contribution in [3.05, 3.63) is 51.1 Å². The highest BCUT2D eigenvalue weighted by atomic mass is 35.5. The molecule has 1 aromatic heterocycles. The van der Waals surface area contributed by atoms with E-state index in [9.17, 15) is 14.0 Å². The first kappa shape index (κ1) is 19.8. The number of carbonyl (C=O) groups is 2. The highest BCUT2D eigenvalue weighted by Crippen LogP contribution is 2.30. The van der Waals surface area contributed by atoms with Crippen LogP contribution in [0.3, 0.4) is 0 Å². The minimum atomic E-state index is -0.497. The summed E-state index contributed by atoms with van der Waals surface area (Å²) in [4.78, 5) is 27.9. The van der Waals surface area contributed by atoms with Crippen molar-refractivity contribution in [3.63, 3.8) is 0 Å². The minimum absolute atomic E-state index is 0.0240. The third-order valence-electron chi connectivity index (χ3n) is 4.91. The van der Waals surface area contributed by atoms with Crippen LogP contribution in [-0.4, -0.2) is 29.8 Å². The van der Waals surface area contributed by atoms with Crippen LogP contribution in [0.25, 0.3) is 0 Å². The van der Waals surface area contributed by atoms with E-state index in [1.54, 1.807) is 6.07 Å². The quantitative estimate of drug-likeness (QED) is 0.739. The number of hydrogen-bond donors (Lipinski definition) is 1. The zero-order valence-corrected chi connectivity index (χ0v) is 16.9. The van der Waals surface area contributed by atoms with Gasteiger partial charge in [-0.15, -0.1) is 11.3 Å². The van der Waals surface area contributed by atoms with E-state index in [2.05, 4.69) is 12.2 Å². The molecule has 1 unspecified atom stereocenters. The van der Waals surface area contributed by atoms with Crippen molar-refractivity contribution >= 4 is 39.8 Å². The number of nitrogens with one attached hydrogen (secondary N) is 1. The second-order valence-corrected chi connectivity index (χ2v) is 8.33. The number of carbonyl (C=O) groups excluding carboxylic acids is 2. The van der Waals surface area contributed by atoms with Gasteiger partial charge in [0.1, 0.15) is 5.82 Å². The van der Waals surface area contributed by atoms with E-state index in [1.165, 1.54) is 29.9 Å². The van der Waals surface area contributed by atoms with Gasteiger partial charge in [0.05, 0.1) is 20.5 Å². The van der Waals surface area contributed by atoms with Gasteiger partial charge in [-0.05, 0) is 55.5 Å². The summed E-state index contributed by atoms with van der Waals surface area (Å²) in [5.74, 6) is -0.341. The third-order valence-corrected chi connectivity index (χ3v) is 6.36. The maximum atomic E-state index is 13.2. The van der Waals surface area contributed by atoms with E-state index in [0.717, 1.165) is 37.6 Å². The average molecular weight is 409 g/mol. The van der Waals surface area contributed by atoms with E-state index in [1.807, 2.05) is 11.8 Å². The molecule has 1 atom stereocenters. The molecule has 144 valence electrons. The van der Waals surface area contributed by atoms with Gasteiger partial charge in [0.2, 0.25) is 0 Å². The smallest absolute Gasteiger partial charge is 0.264 e. The van der Waals surface area contributed by atoms with Crippen LogP contribution in [0.1, 0.15) is 51.8 Å². The maximum Gasteiger partial charge on any atom is 0.264 e. The molecule has 1 aromatic carbocycles. The Morgan fingerprint density at radius 2 is 2.15 bits per heavy atom. The summed E-state index contributed by atoms with van der Waals surface area (Å²) >= 11 is 7.21. The summed E-state index contributed by atoms with van der Waals surface area (Å²) in [5, 5.41) is 3.39. The Kier molecular flexibility index (Phi) is 6.17. The lowest BCUT2D eigenvalue weighted by molar-refractivity contribution is 0.0675. The van der Waals surface area contributed by atoms with Crippen molar-refractivity contribution < 1.29 is 14.0 Å². The van der Waals surface area contributed by atoms with E-state index in [0.29, 0.717) is 15.8 Å². The molecule has 2 aromatic rings. The summed E-state index contributed by atoms with van der Waals surface area (Å²) in [6, 6.07) is 5.42. The molecule has 3 rings (SSSR count). The standard InChI is InChI=1S/C20H22ClFN2O2S/c1-3-13-5-4-8-24(11-13)20(26)18-12(2)9-17(27-18)23-19(25)15-7-6-14(22)10-16(15)21/h6-7,9-10,13H,3-5,8,11H2,1-2H3,(H,23,25). The SMILES string of the molecule is CCC1CCCN(C(=O)c2sc(NC(=O)c3ccc(F)cc3Cl)cc2C)C1. The first-order chi connectivity index (χ1) is 12.9. The van der Waals surface area contributed by atoms with Crippen LogP contribution in [0.15, 0.2) is 24.3 Å². The van der Waals surface area contributed by atoms with Crippen LogP contribution in [0.2, 0.25) is 5.02 Å². The predicted molar refractivity (Wildman–Crippen MR) is 107 cm³/mol. The minimum Gasteiger partial charge on any atom is -0.338 e. The van der Waals surface area contributed by atoms with Crippen LogP contribution in [0, 0.1) is 18.7 Å². The number of benzene rings is 1. The fourth-order valence-electron chi connectivity index (χ4n) is 3.34. The maximum absolute atomic E-state index is 13.2. The summed E-state index contributed by atoms with van der Waals surface area (Å²) in [6.45, 7) is 5.59. The Bertz CT molecular complexity index is 868. The fourth-order valence-corrected chi connectivity index (χ4v) is 4.62. The molecule has 0 bridgehead atoms. The van der Waals surface area contributed by atoms with Gasteiger partial charge in [-0.1, -0.05) is 24.9 Å². The highest BCUT2D eigenvalue weighted by Gasteiger charge is 2.26. The second-order valence-electron chi connectivity index (χ2n) is 6.87. The number of likely N-dealkylation sites (tertiary alicyclic amines) is 1. The number of thiophene rings is 1. The molecule has 2 heterocycles. The zero-order valence-electron chi connectivity index (χ0n) is 15.4. The molecule has 1 N–H and O–H groups in total. The topological polar surface area (TPSA) is 49.4 Å². The molecular weight excluding hydrogens is 387 g/mol. The Morgan fingerprint density at radius 3 is 2.85 bits per heavy atom. The molecule has 1 fully saturated rings. The van der Waals surface area contributed by atoms with Gasteiger partial charge in [-0.2, -0.15) is 0 Å². The van der Waals surface area contributed by atoms with Gasteiger partial charge >= 0.3 is 0 Å². The van der Waals surface area contributed by atoms with Crippen molar-refractivity contribution in [1.29, 1.82) is 0 Å². The summed E-state index contributed by atoms with van der Waals surface area (Å²) in [6.07, 6.45) is 3.28. The molecule has 7 heteroatoms. The summed E-state index contributed by atoms with van der Waals surface area (Å²) in [5.41, 5.74) is 1.03. The Hall–Kier alpha value is -1.92. The Balaban J connectivity index is 1.74. The Labute approximate surface area is 167 Å². The van der Waals surface area contributed by atoms with Crippen molar-refractivity contribution in [3.8, 4) is 0 Å². The molecule has 0 saturated carbocycles. The lowest BCUT2D eigenvalue weighted by atomic mass is 9.95. The fraction of sp³-hybridized carbons (Fsp3) is 0.400. The molecule has 0 radical (unpaired) electrons. The number of piperidine rings is 1. The molecule has 1 saturated heterocycles. The monoisotopic (exact) mass is 408 g/mol. The van der Waals surface area contributed by atoms with Crippen LogP contribution in [-0.2, 0) is 0 Å². The number of halogens is 2. The normalized spacial score (nSPS) is 17.0. The molecule has 4 nitrogen and oxygen atoms in total. The van der Waals surface area contributed by atoms with Gasteiger partial charge in [0.15, 0.2) is 0 Å². The molecule has 1 aliphatic heterocycles. The first-order valence-corrected chi connectivity index (χ1v) is 10.2. The average Bonchev–Trinajstić information content (AvgIpc) is 3.01. The molecule has 1 aliphatic rings. The number of rotatable bonds is 4. The van der Waals surface area contributed by atoms with Gasteiger partial charge in [0.25, 0.3) is 11.8 Å². The molecular formula is C20H22ClFN2O2S. The number of amides is 2. The number of aryl methyl sites for hydroxylation is 1. The van der Waals surface area contributed by atoms with Crippen LogP contribution >= 0.6 is 22.9 Å². The van der Waals surface area contributed by atoms with E-state index >= 15 is 0 Å². The van der Waals surface area contributed by atoms with Crippen LogP contribution in [0.5, 0.6) is 0 Å². The number of hydrogen-bond acceptors (Lipinski definition) is 3. The van der Waals surface area contributed by atoms with Crippen molar-refractivity contribution in [2.75, 3.05) is 18.4 Å². The summed E-state index contributed by atoms with van der Waals surface area (Å²) in [7, 11) is 0. The number of nitrogens with zero attached hydrogens (tertiary/aromatic N) is 1. The van der Waals surface area contributed by atoms with E-state index in [-0.39, 0.29) is 16.5 Å². The summed E-state index contributed by atoms with van der Waals surface area (Å²) < 4.78 is 13.2. The van der Waals surface area contributed by atoms with Gasteiger partial charge < -0.3 is 10.2 Å². The molecule has 0 spiro atoms. The van der Waals surface area contributed by atoms with Crippen LogP contribution in [0.4, 0.5) is 9.39 Å². The van der Waals surface area contributed by atoms with E-state index in [4.69, 9.17) is 11.6 Å². The van der Waals surface area contributed by atoms with Gasteiger partial charge in [-0.25, -0.2) is 4.39 Å². The van der Waals surface area contributed by atoms with Crippen LogP contribution < -0.4 is 5.32 Å². The van der Waals surface area contributed by atoms with Crippen molar-refractivity contribution in [2.45, 2.75) is 33.1 Å². The highest BCUT2D eigenvalue weighted by molar-refractivity contribution is 7.18. The first-order valence-electron chi connectivity index (χ1n) is 9.05. The van der Waals surface area contributed by atoms with Gasteiger partial charge in [-0.3, -0.25) is 9.59 Å². The van der Waals surface area contributed by atoms with Gasteiger partial charge in [0, 0.05) is 13.1 Å². The lowest BCUT2D eigenvalue weighted by Gasteiger charge is -2.32. The Morgan fingerprint density at radius 1 is 1.37 bits per heavy atom. The largest absolute Gasteiger partial charge is 0.338 e. The molecule has 2 amide bonds. The third kappa shape index (κ3) is 4.50. The lowest BCUT2D eigenvalue weighted by Crippen LogP contribution is -2.39. The molecule has 0 aliphatic carbocycles. The molecule has 27 heavy (non-hydrogen) atoms. The van der Waals surface area contributed by atoms with Crippen molar-refractivity contribution in [1.82, 2.24) is 4.90 Å². The second kappa shape index (κ2) is 8.40. The van der Waals surface area contributed by atoms with E-state index < -0.39 is 11.7 Å².